The molecule has 2 N–H and O–H groups in total. The standard InChI is InChI=1S/C26H20FN3O4/c1-33-23-10-3-2-8-21(23)25(31)30-18-11-13-20(14-12-18)34-26(32)22-9-5-15-28-24(22)29-19-7-4-6-17(27)16-19/h2-16H,1H3,(H,28,29)(H,30,31). The van der Waals surface area contributed by atoms with Gasteiger partial charge >= 0.3 is 5.97 Å². The van der Waals surface area contributed by atoms with Crippen LogP contribution in [-0.4, -0.2) is 24.0 Å². The molecule has 4 aromatic rings. The zero-order valence-corrected chi connectivity index (χ0v) is 18.1. The number of hydrogen-bond donors (Lipinski definition) is 2. The highest BCUT2D eigenvalue weighted by molar-refractivity contribution is 6.06. The number of carbonyl (C=O) groups is 2. The molecule has 0 bridgehead atoms. The SMILES string of the molecule is COc1ccccc1C(=O)Nc1ccc(OC(=O)c2cccnc2Nc2cccc(F)c2)cc1. The molecule has 1 aromatic heterocycles. The molecule has 8 heteroatoms. The number of pyridine rings is 1. The third-order valence-electron chi connectivity index (χ3n) is 4.79. The number of halogens is 1. The summed E-state index contributed by atoms with van der Waals surface area (Å²) in [5.74, 6) is -0.407. The summed E-state index contributed by atoms with van der Waals surface area (Å²) in [7, 11) is 1.50. The fraction of sp³-hybridized carbons (Fsp3) is 0.0385. The van der Waals surface area contributed by atoms with Gasteiger partial charge in [0.25, 0.3) is 5.91 Å². The fourth-order valence-electron chi connectivity index (χ4n) is 3.17. The lowest BCUT2D eigenvalue weighted by atomic mass is 10.2. The maximum Gasteiger partial charge on any atom is 0.347 e. The van der Waals surface area contributed by atoms with Gasteiger partial charge in [0.2, 0.25) is 0 Å². The Balaban J connectivity index is 1.44. The van der Waals surface area contributed by atoms with E-state index < -0.39 is 11.8 Å². The number of hydrogen-bond acceptors (Lipinski definition) is 6. The van der Waals surface area contributed by atoms with Crippen molar-refractivity contribution < 1.29 is 23.5 Å². The summed E-state index contributed by atoms with van der Waals surface area (Å²) < 4.78 is 24.2. The van der Waals surface area contributed by atoms with Crippen molar-refractivity contribution in [3.8, 4) is 11.5 Å². The van der Waals surface area contributed by atoms with E-state index in [-0.39, 0.29) is 23.0 Å². The largest absolute Gasteiger partial charge is 0.496 e. The number of para-hydroxylation sites is 1. The van der Waals surface area contributed by atoms with Gasteiger partial charge in [0.1, 0.15) is 28.7 Å². The second-order valence-electron chi connectivity index (χ2n) is 7.10. The number of aromatic nitrogens is 1. The molecule has 0 aliphatic rings. The molecule has 1 heterocycles. The number of benzene rings is 3. The van der Waals surface area contributed by atoms with E-state index in [1.807, 2.05) is 0 Å². The van der Waals surface area contributed by atoms with Crippen molar-refractivity contribution in [2.75, 3.05) is 17.7 Å². The summed E-state index contributed by atoms with van der Waals surface area (Å²) in [6.45, 7) is 0. The molecule has 0 atom stereocenters. The molecule has 0 saturated heterocycles. The van der Waals surface area contributed by atoms with Crippen LogP contribution in [-0.2, 0) is 0 Å². The van der Waals surface area contributed by atoms with Crippen molar-refractivity contribution in [1.29, 1.82) is 0 Å². The van der Waals surface area contributed by atoms with Gasteiger partial charge in [0.15, 0.2) is 0 Å². The topological polar surface area (TPSA) is 89.5 Å². The van der Waals surface area contributed by atoms with E-state index in [9.17, 15) is 14.0 Å². The Hall–Kier alpha value is -4.72. The molecule has 0 unspecified atom stereocenters. The molecule has 0 radical (unpaired) electrons. The minimum absolute atomic E-state index is 0.181. The van der Waals surface area contributed by atoms with Gasteiger partial charge in [-0.1, -0.05) is 18.2 Å². The van der Waals surface area contributed by atoms with Crippen molar-refractivity contribution in [3.63, 3.8) is 0 Å². The maximum absolute atomic E-state index is 13.5. The minimum Gasteiger partial charge on any atom is -0.496 e. The lowest BCUT2D eigenvalue weighted by molar-refractivity contribution is 0.0735. The van der Waals surface area contributed by atoms with Gasteiger partial charge in [-0.2, -0.15) is 0 Å². The van der Waals surface area contributed by atoms with Crippen LogP contribution in [0.4, 0.5) is 21.6 Å². The number of nitrogens with zero attached hydrogens (tertiary/aromatic N) is 1. The van der Waals surface area contributed by atoms with E-state index in [4.69, 9.17) is 9.47 Å². The van der Waals surface area contributed by atoms with Crippen LogP contribution in [0.5, 0.6) is 11.5 Å². The molecular weight excluding hydrogens is 437 g/mol. The lowest BCUT2D eigenvalue weighted by Crippen LogP contribution is -2.13. The first kappa shape index (κ1) is 22.5. The van der Waals surface area contributed by atoms with E-state index in [1.165, 1.54) is 25.4 Å². The number of nitrogens with one attached hydrogen (secondary N) is 2. The summed E-state index contributed by atoms with van der Waals surface area (Å²) in [5.41, 5.74) is 1.55. The molecule has 0 saturated carbocycles. The number of amides is 1. The Kier molecular flexibility index (Phi) is 6.78. The molecule has 3 aromatic carbocycles. The fourth-order valence-corrected chi connectivity index (χ4v) is 3.17. The van der Waals surface area contributed by atoms with E-state index in [0.29, 0.717) is 22.7 Å². The first-order valence-corrected chi connectivity index (χ1v) is 10.3. The Morgan fingerprint density at radius 1 is 0.853 bits per heavy atom. The lowest BCUT2D eigenvalue weighted by Gasteiger charge is -2.11. The van der Waals surface area contributed by atoms with Crippen LogP contribution in [0.1, 0.15) is 20.7 Å². The average Bonchev–Trinajstić information content (AvgIpc) is 2.85. The number of esters is 1. The van der Waals surface area contributed by atoms with Gasteiger partial charge in [0.05, 0.1) is 12.7 Å². The van der Waals surface area contributed by atoms with Gasteiger partial charge < -0.3 is 20.1 Å². The molecule has 170 valence electrons. The molecular formula is C26H20FN3O4. The first-order chi connectivity index (χ1) is 16.5. The van der Waals surface area contributed by atoms with Crippen LogP contribution in [0.25, 0.3) is 0 Å². The normalized spacial score (nSPS) is 10.3. The van der Waals surface area contributed by atoms with Crippen LogP contribution >= 0.6 is 0 Å². The Bertz CT molecular complexity index is 1330. The number of ether oxygens (including phenoxy) is 2. The van der Waals surface area contributed by atoms with E-state index in [2.05, 4.69) is 15.6 Å². The Morgan fingerprint density at radius 3 is 2.38 bits per heavy atom. The van der Waals surface area contributed by atoms with Crippen molar-refractivity contribution in [2.45, 2.75) is 0 Å². The molecule has 0 aliphatic carbocycles. The van der Waals surface area contributed by atoms with Gasteiger partial charge in [0, 0.05) is 17.6 Å². The summed E-state index contributed by atoms with van der Waals surface area (Å²) in [5, 5.41) is 5.70. The molecule has 4 rings (SSSR count). The molecule has 0 spiro atoms. The van der Waals surface area contributed by atoms with Gasteiger partial charge in [-0.25, -0.2) is 14.2 Å². The van der Waals surface area contributed by atoms with Gasteiger partial charge in [-0.15, -0.1) is 0 Å². The van der Waals surface area contributed by atoms with Crippen LogP contribution in [0, 0.1) is 5.82 Å². The smallest absolute Gasteiger partial charge is 0.347 e. The zero-order chi connectivity index (χ0) is 23.9. The van der Waals surface area contributed by atoms with Crippen LogP contribution in [0.2, 0.25) is 0 Å². The van der Waals surface area contributed by atoms with E-state index in [1.54, 1.807) is 72.8 Å². The van der Waals surface area contributed by atoms with Crippen molar-refractivity contribution in [2.24, 2.45) is 0 Å². The van der Waals surface area contributed by atoms with Crippen LogP contribution in [0.3, 0.4) is 0 Å². The number of anilines is 3. The highest BCUT2D eigenvalue weighted by atomic mass is 19.1. The Labute approximate surface area is 195 Å². The molecule has 0 aliphatic heterocycles. The summed E-state index contributed by atoms with van der Waals surface area (Å²) >= 11 is 0. The Morgan fingerprint density at radius 2 is 1.62 bits per heavy atom. The average molecular weight is 457 g/mol. The summed E-state index contributed by atoms with van der Waals surface area (Å²) in [6.07, 6.45) is 1.51. The van der Waals surface area contributed by atoms with Gasteiger partial charge in [-0.3, -0.25) is 4.79 Å². The number of carbonyl (C=O) groups excluding carboxylic acids is 2. The van der Waals surface area contributed by atoms with Crippen molar-refractivity contribution in [1.82, 2.24) is 4.98 Å². The monoisotopic (exact) mass is 457 g/mol. The van der Waals surface area contributed by atoms with Crippen molar-refractivity contribution >= 4 is 29.1 Å². The second kappa shape index (κ2) is 10.3. The summed E-state index contributed by atoms with van der Waals surface area (Å²) in [4.78, 5) is 29.5. The predicted molar refractivity (Wildman–Crippen MR) is 126 cm³/mol. The third kappa shape index (κ3) is 5.36. The molecule has 34 heavy (non-hydrogen) atoms. The predicted octanol–water partition coefficient (Wildman–Crippen LogP) is 5.44. The van der Waals surface area contributed by atoms with E-state index in [0.717, 1.165) is 0 Å². The second-order valence-corrected chi connectivity index (χ2v) is 7.10. The molecule has 1 amide bonds. The number of methoxy groups -OCH3 is 1. The number of rotatable bonds is 7. The highest BCUT2D eigenvalue weighted by Gasteiger charge is 2.16. The maximum atomic E-state index is 13.5. The minimum atomic E-state index is -0.641. The molecule has 0 fully saturated rings. The highest BCUT2D eigenvalue weighted by Crippen LogP contribution is 2.23. The molecule has 7 nitrogen and oxygen atoms in total. The van der Waals surface area contributed by atoms with Crippen LogP contribution in [0.15, 0.2) is 91.1 Å². The zero-order valence-electron chi connectivity index (χ0n) is 18.1. The van der Waals surface area contributed by atoms with E-state index >= 15 is 0 Å². The van der Waals surface area contributed by atoms with Crippen LogP contribution < -0.4 is 20.1 Å². The summed E-state index contributed by atoms with van der Waals surface area (Å²) in [6, 6.07) is 22.2. The van der Waals surface area contributed by atoms with Crippen molar-refractivity contribution in [3.05, 3.63) is 108 Å². The van der Waals surface area contributed by atoms with Gasteiger partial charge in [-0.05, 0) is 66.7 Å². The first-order valence-electron chi connectivity index (χ1n) is 10.3. The quantitative estimate of drug-likeness (QED) is 0.284. The third-order valence-corrected chi connectivity index (χ3v) is 4.79.